The van der Waals surface area contributed by atoms with Gasteiger partial charge in [-0.15, -0.1) is 0 Å². The number of nitrogens with zero attached hydrogens (tertiary/aromatic N) is 1. The van der Waals surface area contributed by atoms with E-state index in [2.05, 4.69) is 31.0 Å². The van der Waals surface area contributed by atoms with Crippen LogP contribution in [0.15, 0.2) is 18.2 Å². The van der Waals surface area contributed by atoms with Gasteiger partial charge in [0.15, 0.2) is 0 Å². The predicted octanol–water partition coefficient (Wildman–Crippen LogP) is 3.23. The Labute approximate surface area is 126 Å². The van der Waals surface area contributed by atoms with E-state index in [0.717, 1.165) is 13.1 Å². The molecule has 5 heteroatoms. The lowest BCUT2D eigenvalue weighted by atomic mass is 10.1. The number of nitrogens with two attached hydrogens (primary N) is 1. The summed E-state index contributed by atoms with van der Waals surface area (Å²) in [6, 6.07) is 4.88. The van der Waals surface area contributed by atoms with Crippen LogP contribution in [-0.2, 0) is 4.79 Å². The average molecular weight is 298 g/mol. The number of halogens is 1. The van der Waals surface area contributed by atoms with E-state index in [1.54, 1.807) is 18.2 Å². The molecular formula is C15H24ClN3O. The van der Waals surface area contributed by atoms with E-state index >= 15 is 0 Å². The van der Waals surface area contributed by atoms with Crippen LogP contribution in [-0.4, -0.2) is 29.9 Å². The van der Waals surface area contributed by atoms with Gasteiger partial charge < -0.3 is 11.1 Å². The number of benzene rings is 1. The molecule has 0 aliphatic heterocycles. The molecule has 112 valence electrons. The third-order valence-corrected chi connectivity index (χ3v) is 3.50. The maximum atomic E-state index is 12.3. The van der Waals surface area contributed by atoms with Gasteiger partial charge in [-0.3, -0.25) is 9.69 Å². The average Bonchev–Trinajstić information content (AvgIpc) is 2.38. The van der Waals surface area contributed by atoms with Crippen LogP contribution in [0.25, 0.3) is 0 Å². The number of hydrogen-bond donors (Lipinski definition) is 2. The Balaban J connectivity index is 2.73. The maximum absolute atomic E-state index is 12.3. The smallest absolute Gasteiger partial charge is 0.241 e. The summed E-state index contributed by atoms with van der Waals surface area (Å²) in [6.07, 6.45) is 0. The first-order valence-electron chi connectivity index (χ1n) is 6.95. The molecule has 1 unspecified atom stereocenters. The molecule has 3 N–H and O–H groups in total. The third kappa shape index (κ3) is 4.69. The zero-order valence-electron chi connectivity index (χ0n) is 12.6. The van der Waals surface area contributed by atoms with Crippen molar-refractivity contribution >= 4 is 28.9 Å². The van der Waals surface area contributed by atoms with E-state index in [0.29, 0.717) is 22.3 Å². The predicted molar refractivity (Wildman–Crippen MR) is 86.0 cm³/mol. The number of likely N-dealkylation sites (N-methyl/N-ethyl adjacent to an activating group) is 1. The van der Waals surface area contributed by atoms with Crippen molar-refractivity contribution in [2.24, 2.45) is 5.92 Å². The van der Waals surface area contributed by atoms with E-state index in [-0.39, 0.29) is 11.9 Å². The van der Waals surface area contributed by atoms with Gasteiger partial charge in [0.2, 0.25) is 5.91 Å². The van der Waals surface area contributed by atoms with Gasteiger partial charge >= 0.3 is 0 Å². The fourth-order valence-electron chi connectivity index (χ4n) is 2.07. The molecule has 4 nitrogen and oxygen atoms in total. The summed E-state index contributed by atoms with van der Waals surface area (Å²) in [6.45, 7) is 9.98. The molecule has 0 saturated heterocycles. The number of carbonyl (C=O) groups is 1. The topological polar surface area (TPSA) is 58.4 Å². The molecule has 0 radical (unpaired) electrons. The largest absolute Gasteiger partial charge is 0.399 e. The second-order valence-corrected chi connectivity index (χ2v) is 5.79. The zero-order valence-corrected chi connectivity index (χ0v) is 13.4. The van der Waals surface area contributed by atoms with Crippen LogP contribution in [0.2, 0.25) is 5.02 Å². The van der Waals surface area contributed by atoms with Crippen LogP contribution in [0, 0.1) is 5.92 Å². The van der Waals surface area contributed by atoms with Crippen molar-refractivity contribution in [3.8, 4) is 0 Å². The van der Waals surface area contributed by atoms with Crippen LogP contribution in [0.4, 0.5) is 11.4 Å². The van der Waals surface area contributed by atoms with Crippen LogP contribution in [0.3, 0.4) is 0 Å². The van der Waals surface area contributed by atoms with Gasteiger partial charge in [0, 0.05) is 12.2 Å². The third-order valence-electron chi connectivity index (χ3n) is 3.18. The minimum absolute atomic E-state index is 0.0563. The molecule has 1 aromatic carbocycles. The van der Waals surface area contributed by atoms with Crippen molar-refractivity contribution in [1.29, 1.82) is 0 Å². The van der Waals surface area contributed by atoms with Crippen molar-refractivity contribution < 1.29 is 4.79 Å². The fourth-order valence-corrected chi connectivity index (χ4v) is 2.30. The Hall–Kier alpha value is -1.26. The molecule has 0 saturated carbocycles. The van der Waals surface area contributed by atoms with Crippen molar-refractivity contribution in [3.05, 3.63) is 23.2 Å². The summed E-state index contributed by atoms with van der Waals surface area (Å²) in [7, 11) is 0. The second-order valence-electron chi connectivity index (χ2n) is 5.39. The number of rotatable bonds is 6. The molecular weight excluding hydrogens is 274 g/mol. The summed E-state index contributed by atoms with van der Waals surface area (Å²) in [4.78, 5) is 14.4. The molecule has 0 bridgehead atoms. The molecule has 0 aromatic heterocycles. The molecule has 0 aliphatic carbocycles. The summed E-state index contributed by atoms with van der Waals surface area (Å²) < 4.78 is 0. The highest BCUT2D eigenvalue weighted by Crippen LogP contribution is 2.24. The second kappa shape index (κ2) is 7.50. The standard InChI is InChI=1S/C15H24ClN3O/c1-5-19(9-10(2)3)11(4)15(20)18-14-7-6-12(17)8-13(14)16/h6-8,10-11H,5,9,17H2,1-4H3,(H,18,20). The highest BCUT2D eigenvalue weighted by molar-refractivity contribution is 6.34. The van der Waals surface area contributed by atoms with Crippen molar-refractivity contribution in [2.75, 3.05) is 24.1 Å². The van der Waals surface area contributed by atoms with Crippen LogP contribution in [0.5, 0.6) is 0 Å². The fraction of sp³-hybridized carbons (Fsp3) is 0.533. The highest BCUT2D eigenvalue weighted by atomic mass is 35.5. The number of carbonyl (C=O) groups excluding carboxylic acids is 1. The number of hydrogen-bond acceptors (Lipinski definition) is 3. The summed E-state index contributed by atoms with van der Waals surface area (Å²) in [5.74, 6) is 0.462. The number of amides is 1. The Morgan fingerprint density at radius 2 is 2.05 bits per heavy atom. The van der Waals surface area contributed by atoms with Gasteiger partial charge in [0.25, 0.3) is 0 Å². The quantitative estimate of drug-likeness (QED) is 0.793. The molecule has 1 amide bonds. The SMILES string of the molecule is CCN(CC(C)C)C(C)C(=O)Nc1ccc(N)cc1Cl. The first-order valence-corrected chi connectivity index (χ1v) is 7.32. The van der Waals surface area contributed by atoms with E-state index in [1.807, 2.05) is 6.92 Å². The Morgan fingerprint density at radius 1 is 1.40 bits per heavy atom. The Bertz CT molecular complexity index is 462. The van der Waals surface area contributed by atoms with E-state index in [4.69, 9.17) is 17.3 Å². The van der Waals surface area contributed by atoms with Gasteiger partial charge in [-0.25, -0.2) is 0 Å². The van der Waals surface area contributed by atoms with Crippen molar-refractivity contribution in [3.63, 3.8) is 0 Å². The summed E-state index contributed by atoms with van der Waals surface area (Å²) in [5.41, 5.74) is 6.81. The molecule has 0 heterocycles. The molecule has 0 aliphatic rings. The molecule has 1 atom stereocenters. The van der Waals surface area contributed by atoms with E-state index in [1.165, 1.54) is 0 Å². The zero-order chi connectivity index (χ0) is 15.3. The van der Waals surface area contributed by atoms with Crippen LogP contribution >= 0.6 is 11.6 Å². The van der Waals surface area contributed by atoms with E-state index < -0.39 is 0 Å². The lowest BCUT2D eigenvalue weighted by Crippen LogP contribution is -2.43. The summed E-state index contributed by atoms with van der Waals surface area (Å²) in [5, 5.41) is 3.31. The Kier molecular flexibility index (Phi) is 6.30. The number of anilines is 2. The van der Waals surface area contributed by atoms with Crippen LogP contribution in [0.1, 0.15) is 27.7 Å². The minimum Gasteiger partial charge on any atom is -0.399 e. The van der Waals surface area contributed by atoms with Gasteiger partial charge in [-0.1, -0.05) is 32.4 Å². The monoisotopic (exact) mass is 297 g/mol. The lowest BCUT2D eigenvalue weighted by Gasteiger charge is -2.28. The van der Waals surface area contributed by atoms with Gasteiger partial charge in [0.1, 0.15) is 0 Å². The molecule has 0 fully saturated rings. The molecule has 1 rings (SSSR count). The highest BCUT2D eigenvalue weighted by Gasteiger charge is 2.21. The molecule has 0 spiro atoms. The van der Waals surface area contributed by atoms with Gasteiger partial charge in [-0.2, -0.15) is 0 Å². The first-order chi connectivity index (χ1) is 9.35. The van der Waals surface area contributed by atoms with Crippen molar-refractivity contribution in [1.82, 2.24) is 4.90 Å². The molecule has 20 heavy (non-hydrogen) atoms. The van der Waals surface area contributed by atoms with E-state index in [9.17, 15) is 4.79 Å². The number of nitrogens with one attached hydrogen (secondary N) is 1. The maximum Gasteiger partial charge on any atom is 0.241 e. The minimum atomic E-state index is -0.198. The normalized spacial score (nSPS) is 12.8. The van der Waals surface area contributed by atoms with Gasteiger partial charge in [0.05, 0.1) is 16.8 Å². The first kappa shape index (κ1) is 16.8. The van der Waals surface area contributed by atoms with Crippen molar-refractivity contribution in [2.45, 2.75) is 33.7 Å². The lowest BCUT2D eigenvalue weighted by molar-refractivity contribution is -0.120. The van der Waals surface area contributed by atoms with Gasteiger partial charge in [-0.05, 0) is 37.6 Å². The molecule has 1 aromatic rings. The van der Waals surface area contributed by atoms with Crippen LogP contribution < -0.4 is 11.1 Å². The summed E-state index contributed by atoms with van der Waals surface area (Å²) >= 11 is 6.07. The Morgan fingerprint density at radius 3 is 2.55 bits per heavy atom. The number of nitrogen functional groups attached to an aromatic ring is 1.